The monoisotopic (exact) mass is 303 g/mol. The second-order valence-electron chi connectivity index (χ2n) is 6.18. The Balaban J connectivity index is 2.15. The van der Waals surface area contributed by atoms with Crippen LogP contribution in [0.1, 0.15) is 31.9 Å². The number of hydrogen-bond donors (Lipinski definition) is 1. The van der Waals surface area contributed by atoms with Crippen LogP contribution in [-0.2, 0) is 11.8 Å². The average Bonchev–Trinajstić information content (AvgIpc) is 2.42. The van der Waals surface area contributed by atoms with Gasteiger partial charge in [-0.3, -0.25) is 0 Å². The Kier molecular flexibility index (Phi) is 5.07. The topological polar surface area (TPSA) is 26.0 Å². The van der Waals surface area contributed by atoms with Crippen molar-refractivity contribution in [2.24, 2.45) is 5.73 Å². The number of hydrogen-bond acceptors (Lipinski definition) is 2. The molecule has 0 spiro atoms. The maximum atomic E-state index is 14.1. The first-order chi connectivity index (χ1) is 9.90. The van der Waals surface area contributed by atoms with Gasteiger partial charge in [0.05, 0.1) is 0 Å². The van der Waals surface area contributed by atoms with Gasteiger partial charge in [0.25, 0.3) is 0 Å². The second kappa shape index (κ2) is 6.63. The highest BCUT2D eigenvalue weighted by molar-refractivity contribution is 7.99. The van der Waals surface area contributed by atoms with Gasteiger partial charge >= 0.3 is 0 Å². The molecule has 2 N–H and O–H groups in total. The standard InChI is InChI=1S/C18H22FNS/c1-18(2,3)14-5-7-15(8-6-14)21-17-9-4-13(10-11-20)12-16(17)19/h4-9,12H,10-11,20H2,1-3H3. The molecular formula is C18H22FNS. The van der Waals surface area contributed by atoms with Crippen molar-refractivity contribution in [2.45, 2.75) is 42.4 Å². The fraction of sp³-hybridized carbons (Fsp3) is 0.333. The van der Waals surface area contributed by atoms with E-state index in [2.05, 4.69) is 45.0 Å². The normalized spacial score (nSPS) is 11.7. The van der Waals surface area contributed by atoms with Crippen LogP contribution in [0, 0.1) is 5.82 Å². The smallest absolute Gasteiger partial charge is 0.137 e. The summed E-state index contributed by atoms with van der Waals surface area (Å²) in [5.74, 6) is -0.175. The van der Waals surface area contributed by atoms with Crippen molar-refractivity contribution in [1.82, 2.24) is 0 Å². The highest BCUT2D eigenvalue weighted by atomic mass is 32.2. The molecule has 0 atom stereocenters. The fourth-order valence-corrected chi connectivity index (χ4v) is 2.92. The zero-order valence-corrected chi connectivity index (χ0v) is 13.6. The third-order valence-corrected chi connectivity index (χ3v) is 4.44. The third kappa shape index (κ3) is 4.32. The molecule has 2 aromatic carbocycles. The predicted octanol–water partition coefficient (Wildman–Crippen LogP) is 4.78. The summed E-state index contributed by atoms with van der Waals surface area (Å²) in [5, 5.41) is 0. The van der Waals surface area contributed by atoms with Crippen LogP contribution in [0.2, 0.25) is 0 Å². The minimum Gasteiger partial charge on any atom is -0.330 e. The molecule has 3 heteroatoms. The first-order valence-electron chi connectivity index (χ1n) is 7.17. The molecule has 1 nitrogen and oxygen atoms in total. The molecule has 0 saturated heterocycles. The van der Waals surface area contributed by atoms with Crippen LogP contribution in [0.25, 0.3) is 0 Å². The summed E-state index contributed by atoms with van der Waals surface area (Å²) in [7, 11) is 0. The van der Waals surface area contributed by atoms with E-state index in [4.69, 9.17) is 5.73 Å². The van der Waals surface area contributed by atoms with Gasteiger partial charge in [0.15, 0.2) is 0 Å². The van der Waals surface area contributed by atoms with Crippen molar-refractivity contribution in [3.63, 3.8) is 0 Å². The molecule has 0 fully saturated rings. The van der Waals surface area contributed by atoms with Gasteiger partial charge in [-0.2, -0.15) is 0 Å². The van der Waals surface area contributed by atoms with Crippen molar-refractivity contribution < 1.29 is 4.39 Å². The van der Waals surface area contributed by atoms with Crippen LogP contribution in [0.4, 0.5) is 4.39 Å². The molecule has 2 aromatic rings. The van der Waals surface area contributed by atoms with E-state index >= 15 is 0 Å². The maximum absolute atomic E-state index is 14.1. The van der Waals surface area contributed by atoms with E-state index < -0.39 is 0 Å². The molecule has 0 aliphatic carbocycles. The van der Waals surface area contributed by atoms with Gasteiger partial charge in [-0.25, -0.2) is 4.39 Å². The molecule has 0 aliphatic rings. The lowest BCUT2D eigenvalue weighted by Crippen LogP contribution is -2.10. The van der Waals surface area contributed by atoms with E-state index in [1.54, 1.807) is 6.07 Å². The van der Waals surface area contributed by atoms with Crippen LogP contribution >= 0.6 is 11.8 Å². The summed E-state index contributed by atoms with van der Waals surface area (Å²) >= 11 is 1.45. The molecular weight excluding hydrogens is 281 g/mol. The molecule has 0 aromatic heterocycles. The maximum Gasteiger partial charge on any atom is 0.137 e. The van der Waals surface area contributed by atoms with E-state index in [1.165, 1.54) is 17.3 Å². The molecule has 0 bridgehead atoms. The quantitative estimate of drug-likeness (QED) is 0.880. The van der Waals surface area contributed by atoms with Gasteiger partial charge in [-0.15, -0.1) is 0 Å². The molecule has 0 saturated carbocycles. The molecule has 2 rings (SSSR count). The first-order valence-corrected chi connectivity index (χ1v) is 7.98. The van der Waals surface area contributed by atoms with E-state index in [0.29, 0.717) is 17.9 Å². The summed E-state index contributed by atoms with van der Waals surface area (Å²) in [6, 6.07) is 13.7. The van der Waals surface area contributed by atoms with Gasteiger partial charge in [0.1, 0.15) is 5.82 Å². The lowest BCUT2D eigenvalue weighted by molar-refractivity contribution is 0.589. The Hall–Kier alpha value is -1.32. The van der Waals surface area contributed by atoms with Crippen molar-refractivity contribution in [2.75, 3.05) is 6.54 Å². The summed E-state index contributed by atoms with van der Waals surface area (Å²) in [5.41, 5.74) is 7.86. The molecule has 21 heavy (non-hydrogen) atoms. The highest BCUT2D eigenvalue weighted by Crippen LogP contribution is 2.32. The summed E-state index contributed by atoms with van der Waals surface area (Å²) < 4.78 is 14.1. The number of rotatable bonds is 4. The van der Waals surface area contributed by atoms with Crippen LogP contribution in [-0.4, -0.2) is 6.54 Å². The van der Waals surface area contributed by atoms with Crippen molar-refractivity contribution in [1.29, 1.82) is 0 Å². The Morgan fingerprint density at radius 1 is 1.05 bits per heavy atom. The summed E-state index contributed by atoms with van der Waals surface area (Å²) in [6.07, 6.45) is 0.710. The first kappa shape index (κ1) is 16.1. The second-order valence-corrected chi connectivity index (χ2v) is 7.30. The van der Waals surface area contributed by atoms with Crippen LogP contribution < -0.4 is 5.73 Å². The Bertz CT molecular complexity index is 600. The molecule has 0 amide bonds. The lowest BCUT2D eigenvalue weighted by atomic mass is 9.87. The van der Waals surface area contributed by atoms with Crippen LogP contribution in [0.3, 0.4) is 0 Å². The van der Waals surface area contributed by atoms with E-state index in [1.807, 2.05) is 12.1 Å². The average molecular weight is 303 g/mol. The minimum atomic E-state index is -0.175. The third-order valence-electron chi connectivity index (χ3n) is 3.38. The van der Waals surface area contributed by atoms with Gasteiger partial charge < -0.3 is 5.73 Å². The number of halogens is 1. The Morgan fingerprint density at radius 2 is 1.71 bits per heavy atom. The predicted molar refractivity (Wildman–Crippen MR) is 88.4 cm³/mol. The highest BCUT2D eigenvalue weighted by Gasteiger charge is 2.13. The van der Waals surface area contributed by atoms with E-state index in [-0.39, 0.29) is 11.2 Å². The van der Waals surface area contributed by atoms with Crippen LogP contribution in [0.5, 0.6) is 0 Å². The van der Waals surface area contributed by atoms with Gasteiger partial charge in [0.2, 0.25) is 0 Å². The largest absolute Gasteiger partial charge is 0.330 e. The number of benzene rings is 2. The lowest BCUT2D eigenvalue weighted by Gasteiger charge is -2.19. The molecule has 112 valence electrons. The molecule has 0 unspecified atom stereocenters. The minimum absolute atomic E-state index is 0.137. The van der Waals surface area contributed by atoms with E-state index in [9.17, 15) is 4.39 Å². The summed E-state index contributed by atoms with van der Waals surface area (Å²) in [6.45, 7) is 7.10. The zero-order valence-electron chi connectivity index (χ0n) is 12.8. The zero-order chi connectivity index (χ0) is 15.5. The van der Waals surface area contributed by atoms with Crippen molar-refractivity contribution >= 4 is 11.8 Å². The van der Waals surface area contributed by atoms with E-state index in [0.717, 1.165) is 10.5 Å². The summed E-state index contributed by atoms with van der Waals surface area (Å²) in [4.78, 5) is 1.70. The molecule has 0 radical (unpaired) electrons. The fourth-order valence-electron chi connectivity index (χ4n) is 2.10. The Morgan fingerprint density at radius 3 is 2.24 bits per heavy atom. The van der Waals surface area contributed by atoms with Crippen molar-refractivity contribution in [3.05, 3.63) is 59.4 Å². The Labute approximate surface area is 130 Å². The van der Waals surface area contributed by atoms with Crippen LogP contribution in [0.15, 0.2) is 52.3 Å². The van der Waals surface area contributed by atoms with Gasteiger partial charge in [-0.05, 0) is 53.8 Å². The van der Waals surface area contributed by atoms with Gasteiger partial charge in [-0.1, -0.05) is 50.7 Å². The number of nitrogens with two attached hydrogens (primary N) is 1. The molecule has 0 aliphatic heterocycles. The SMILES string of the molecule is CC(C)(C)c1ccc(Sc2ccc(CCN)cc2F)cc1. The molecule has 0 heterocycles. The van der Waals surface area contributed by atoms with Crippen molar-refractivity contribution in [3.8, 4) is 0 Å². The van der Waals surface area contributed by atoms with Gasteiger partial charge in [0, 0.05) is 9.79 Å².